The number of allylic oxidation sites excluding steroid dienone is 1. The van der Waals surface area contributed by atoms with Crippen molar-refractivity contribution < 1.29 is 0 Å². The smallest absolute Gasteiger partial charge is 0.122 e. The van der Waals surface area contributed by atoms with E-state index in [0.717, 1.165) is 6.54 Å². The third-order valence-electron chi connectivity index (χ3n) is 5.20. The minimum atomic E-state index is 0.0773. The van der Waals surface area contributed by atoms with E-state index in [9.17, 15) is 0 Å². The van der Waals surface area contributed by atoms with E-state index in [1.807, 2.05) is 13.1 Å². The molecule has 0 aromatic heterocycles. The van der Waals surface area contributed by atoms with Crippen LogP contribution in [-0.2, 0) is 0 Å². The summed E-state index contributed by atoms with van der Waals surface area (Å²) in [5.41, 5.74) is 5.96. The molecule has 2 atom stereocenters. The number of unbranched alkanes of at least 4 members (excludes halogenated alkanes) is 13. The summed E-state index contributed by atoms with van der Waals surface area (Å²) in [5, 5.41) is 0. The summed E-state index contributed by atoms with van der Waals surface area (Å²) in [6, 6.07) is 0. The molecule has 1 rings (SSSR count). The molecule has 2 N–H and O–H groups in total. The highest BCUT2D eigenvalue weighted by Gasteiger charge is 2.20. The number of hydrogen-bond acceptors (Lipinski definition) is 3. The molecule has 146 valence electrons. The second-order valence-corrected chi connectivity index (χ2v) is 7.64. The highest BCUT2D eigenvalue weighted by Crippen LogP contribution is 2.14. The number of hydrogen-bond donors (Lipinski definition) is 1. The third kappa shape index (κ3) is 11.5. The van der Waals surface area contributed by atoms with E-state index >= 15 is 0 Å². The van der Waals surface area contributed by atoms with Crippen molar-refractivity contribution in [3.8, 4) is 0 Å². The molecule has 1 heterocycles. The first-order valence-corrected chi connectivity index (χ1v) is 10.9. The summed E-state index contributed by atoms with van der Waals surface area (Å²) in [4.78, 5) is 6.68. The predicted molar refractivity (Wildman–Crippen MR) is 112 cm³/mol. The van der Waals surface area contributed by atoms with Crippen LogP contribution in [-0.4, -0.2) is 30.0 Å². The lowest BCUT2D eigenvalue weighted by atomic mass is 10.0. The van der Waals surface area contributed by atoms with Crippen molar-refractivity contribution in [2.45, 2.75) is 116 Å². The number of nitrogens with zero attached hydrogens (tertiary/aromatic N) is 2. The Morgan fingerprint density at radius 2 is 1.48 bits per heavy atom. The van der Waals surface area contributed by atoms with E-state index in [1.165, 1.54) is 89.9 Å². The molecule has 0 fully saturated rings. The topological polar surface area (TPSA) is 41.6 Å². The van der Waals surface area contributed by atoms with Gasteiger partial charge in [-0.1, -0.05) is 90.0 Å². The van der Waals surface area contributed by atoms with Crippen LogP contribution >= 0.6 is 0 Å². The fourth-order valence-electron chi connectivity index (χ4n) is 3.51. The molecule has 1 aliphatic rings. The van der Waals surface area contributed by atoms with Gasteiger partial charge in [0.05, 0.1) is 6.17 Å². The zero-order chi connectivity index (χ0) is 18.2. The van der Waals surface area contributed by atoms with Crippen LogP contribution in [0.15, 0.2) is 17.1 Å². The molecule has 0 saturated carbocycles. The highest BCUT2D eigenvalue weighted by atomic mass is 15.3. The van der Waals surface area contributed by atoms with Gasteiger partial charge in [0.1, 0.15) is 6.17 Å². The fraction of sp³-hybridized carbons (Fsp3) is 0.864. The average Bonchev–Trinajstić information content (AvgIpc) is 3.07. The highest BCUT2D eigenvalue weighted by molar-refractivity contribution is 5.62. The normalized spacial score (nSPS) is 19.2. The van der Waals surface area contributed by atoms with Crippen LogP contribution in [0.4, 0.5) is 0 Å². The van der Waals surface area contributed by atoms with Crippen LogP contribution in [0.25, 0.3) is 0 Å². The average molecular weight is 350 g/mol. The van der Waals surface area contributed by atoms with Crippen molar-refractivity contribution in [3.05, 3.63) is 12.2 Å². The maximum absolute atomic E-state index is 5.96. The van der Waals surface area contributed by atoms with Gasteiger partial charge in [0.15, 0.2) is 0 Å². The molecule has 3 heteroatoms. The van der Waals surface area contributed by atoms with Gasteiger partial charge in [0.2, 0.25) is 0 Å². The summed E-state index contributed by atoms with van der Waals surface area (Å²) in [6.45, 7) is 5.20. The molecule has 0 saturated heterocycles. The Morgan fingerprint density at radius 3 is 2.00 bits per heavy atom. The van der Waals surface area contributed by atoms with E-state index in [2.05, 4.69) is 29.0 Å². The van der Waals surface area contributed by atoms with Crippen molar-refractivity contribution in [2.75, 3.05) is 6.54 Å². The molecule has 0 amide bonds. The van der Waals surface area contributed by atoms with Crippen molar-refractivity contribution in [3.63, 3.8) is 0 Å². The lowest BCUT2D eigenvalue weighted by molar-refractivity contribution is 0.224. The third-order valence-corrected chi connectivity index (χ3v) is 5.20. The van der Waals surface area contributed by atoms with Crippen molar-refractivity contribution in [1.29, 1.82) is 0 Å². The van der Waals surface area contributed by atoms with E-state index in [-0.39, 0.29) is 12.3 Å². The van der Waals surface area contributed by atoms with Crippen LogP contribution in [0.3, 0.4) is 0 Å². The Bertz CT molecular complexity index is 349. The molecule has 25 heavy (non-hydrogen) atoms. The number of rotatable bonds is 16. The molecular weight excluding hydrogens is 306 g/mol. The van der Waals surface area contributed by atoms with E-state index in [4.69, 9.17) is 5.73 Å². The first-order valence-electron chi connectivity index (χ1n) is 10.9. The fourth-order valence-corrected chi connectivity index (χ4v) is 3.51. The minimum Gasteiger partial charge on any atom is -0.316 e. The summed E-state index contributed by atoms with van der Waals surface area (Å²) < 4.78 is 0. The van der Waals surface area contributed by atoms with Gasteiger partial charge in [-0.05, 0) is 25.8 Å². The van der Waals surface area contributed by atoms with Crippen LogP contribution in [0, 0.1) is 0 Å². The van der Waals surface area contributed by atoms with Gasteiger partial charge in [0, 0.05) is 12.8 Å². The van der Waals surface area contributed by atoms with Gasteiger partial charge in [-0.2, -0.15) is 0 Å². The first kappa shape index (κ1) is 22.4. The van der Waals surface area contributed by atoms with E-state index in [1.54, 1.807) is 0 Å². The monoisotopic (exact) mass is 349 g/mol. The maximum atomic E-state index is 5.96. The van der Waals surface area contributed by atoms with Crippen LogP contribution in [0.2, 0.25) is 0 Å². The molecule has 0 radical (unpaired) electrons. The zero-order valence-electron chi connectivity index (χ0n) is 17.0. The lowest BCUT2D eigenvalue weighted by Gasteiger charge is -2.24. The molecule has 0 spiro atoms. The predicted octanol–water partition coefficient (Wildman–Crippen LogP) is 6.04. The lowest BCUT2D eigenvalue weighted by Crippen LogP contribution is -2.42. The molecule has 0 bridgehead atoms. The van der Waals surface area contributed by atoms with Crippen LogP contribution < -0.4 is 5.73 Å². The SMILES string of the molecule is CCCCCCCCCCCCCCC/C=C/C1N=CCN1C(C)N. The zero-order valence-corrected chi connectivity index (χ0v) is 17.0. The second kappa shape index (κ2) is 15.6. The van der Waals surface area contributed by atoms with E-state index < -0.39 is 0 Å². The Hall–Kier alpha value is -0.670. The van der Waals surface area contributed by atoms with Gasteiger partial charge in [-0.15, -0.1) is 0 Å². The molecule has 0 aromatic rings. The van der Waals surface area contributed by atoms with E-state index in [0.29, 0.717) is 0 Å². The Balaban J connectivity index is 1.83. The molecule has 3 nitrogen and oxygen atoms in total. The van der Waals surface area contributed by atoms with Gasteiger partial charge in [0.25, 0.3) is 0 Å². The molecule has 1 aliphatic heterocycles. The quantitative estimate of drug-likeness (QED) is 0.272. The largest absolute Gasteiger partial charge is 0.316 e. The molecule has 0 aliphatic carbocycles. The van der Waals surface area contributed by atoms with Gasteiger partial charge in [-0.25, -0.2) is 0 Å². The van der Waals surface area contributed by atoms with Crippen molar-refractivity contribution in [2.24, 2.45) is 10.7 Å². The van der Waals surface area contributed by atoms with Gasteiger partial charge < -0.3 is 5.73 Å². The summed E-state index contributed by atoms with van der Waals surface area (Å²) in [6.07, 6.45) is 26.3. The molecule has 2 unspecified atom stereocenters. The minimum absolute atomic E-state index is 0.0773. The Labute approximate surface area is 157 Å². The van der Waals surface area contributed by atoms with Gasteiger partial charge >= 0.3 is 0 Å². The standard InChI is InChI=1S/C22H43N3/c1-3-4-5-6-7-8-9-10-11-12-13-14-15-16-17-18-22-24-19-20-25(22)21(2)23/h17-19,21-22H,3-16,20,23H2,1-2H3/b18-17+. The molecule has 0 aromatic carbocycles. The van der Waals surface area contributed by atoms with Gasteiger partial charge in [-0.3, -0.25) is 9.89 Å². The number of nitrogens with two attached hydrogens (primary N) is 1. The second-order valence-electron chi connectivity index (χ2n) is 7.64. The summed E-state index contributed by atoms with van der Waals surface area (Å²) >= 11 is 0. The van der Waals surface area contributed by atoms with Crippen LogP contribution in [0.1, 0.15) is 104 Å². The first-order chi connectivity index (χ1) is 12.3. The molecular formula is C22H43N3. The van der Waals surface area contributed by atoms with Crippen LogP contribution in [0.5, 0.6) is 0 Å². The van der Waals surface area contributed by atoms with Crippen molar-refractivity contribution >= 4 is 6.21 Å². The maximum Gasteiger partial charge on any atom is 0.122 e. The number of aliphatic imine (C=N–C) groups is 1. The Kier molecular flexibility index (Phi) is 13.9. The summed E-state index contributed by atoms with van der Waals surface area (Å²) in [7, 11) is 0. The Morgan fingerprint density at radius 1 is 0.960 bits per heavy atom. The summed E-state index contributed by atoms with van der Waals surface area (Å²) in [5.74, 6) is 0. The van der Waals surface area contributed by atoms with Crippen molar-refractivity contribution in [1.82, 2.24) is 4.90 Å².